The number of nitrogens with one attached hydrogen (secondary N) is 5. The molecular formula is C49H51FN8O11. The molecule has 4 aliphatic rings. The van der Waals surface area contributed by atoms with Crippen molar-refractivity contribution >= 4 is 58.2 Å². The number of rotatable bonds is 18. The minimum Gasteiger partial charge on any atom is -0.458 e. The van der Waals surface area contributed by atoms with E-state index < -0.39 is 84.2 Å². The first-order valence-electron chi connectivity index (χ1n) is 22.9. The predicted molar refractivity (Wildman–Crippen MR) is 244 cm³/mol. The zero-order valence-corrected chi connectivity index (χ0v) is 38.0. The predicted octanol–water partition coefficient (Wildman–Crippen LogP) is 1.19. The molecule has 2 aromatic heterocycles. The molecule has 0 spiro atoms. The van der Waals surface area contributed by atoms with E-state index in [9.17, 15) is 48.3 Å². The van der Waals surface area contributed by atoms with E-state index in [4.69, 9.17) is 9.72 Å². The highest BCUT2D eigenvalue weighted by Gasteiger charge is 2.46. The van der Waals surface area contributed by atoms with Gasteiger partial charge in [0.2, 0.25) is 29.5 Å². The molecule has 0 saturated heterocycles. The summed E-state index contributed by atoms with van der Waals surface area (Å²) in [7, 11) is 0. The molecule has 7 amide bonds. The Morgan fingerprint density at radius 2 is 1.59 bits per heavy atom. The fraction of sp³-hybridized carbons (Fsp3) is 0.388. The lowest BCUT2D eigenvalue weighted by Crippen LogP contribution is -2.52. The summed E-state index contributed by atoms with van der Waals surface area (Å²) in [6.45, 7) is 1.83. The molecule has 0 saturated carbocycles. The summed E-state index contributed by atoms with van der Waals surface area (Å²) < 4.78 is 22.1. The van der Waals surface area contributed by atoms with Gasteiger partial charge >= 0.3 is 5.97 Å². The lowest BCUT2D eigenvalue weighted by atomic mass is 9.81. The molecule has 2 aromatic carbocycles. The van der Waals surface area contributed by atoms with Gasteiger partial charge in [0.15, 0.2) is 5.60 Å². The number of hydrogen-bond donors (Lipinski definition) is 6. The van der Waals surface area contributed by atoms with Crippen molar-refractivity contribution in [2.45, 2.75) is 96.1 Å². The van der Waals surface area contributed by atoms with E-state index in [0.29, 0.717) is 82.2 Å². The number of amides is 7. The number of hydrogen-bond acceptors (Lipinski definition) is 12. The molecular weight excluding hydrogens is 896 g/mol. The van der Waals surface area contributed by atoms with Crippen LogP contribution in [-0.4, -0.2) is 99.1 Å². The lowest BCUT2D eigenvalue weighted by Gasteiger charge is -2.31. The topological polar surface area (TPSA) is 264 Å². The third-order valence-electron chi connectivity index (χ3n) is 13.1. The quantitative estimate of drug-likeness (QED) is 0.0411. The third-order valence-corrected chi connectivity index (χ3v) is 13.1. The molecule has 0 bridgehead atoms. The molecule has 0 fully saturated rings. The Morgan fingerprint density at radius 3 is 2.33 bits per heavy atom. The average molecular weight is 947 g/mol. The molecule has 5 heterocycles. The summed E-state index contributed by atoms with van der Waals surface area (Å²) in [6.07, 6.45) is 4.81. The van der Waals surface area contributed by atoms with Gasteiger partial charge in [-0.05, 0) is 67.3 Å². The van der Waals surface area contributed by atoms with Gasteiger partial charge in [-0.25, -0.2) is 14.2 Å². The van der Waals surface area contributed by atoms with Gasteiger partial charge in [0, 0.05) is 54.1 Å². The van der Waals surface area contributed by atoms with Crippen LogP contribution < -0.4 is 32.1 Å². The number of aryl methyl sites for hydroxylation is 1. The van der Waals surface area contributed by atoms with Crippen LogP contribution in [0.3, 0.4) is 0 Å². The summed E-state index contributed by atoms with van der Waals surface area (Å²) in [5, 5.41) is 25.2. The molecule has 69 heavy (non-hydrogen) atoms. The summed E-state index contributed by atoms with van der Waals surface area (Å²) in [5.74, 6) is -5.09. The molecule has 3 aliphatic heterocycles. The summed E-state index contributed by atoms with van der Waals surface area (Å²) in [6, 6.07) is 9.87. The van der Waals surface area contributed by atoms with E-state index in [1.165, 1.54) is 22.8 Å². The number of halogens is 1. The van der Waals surface area contributed by atoms with Crippen LogP contribution in [0.25, 0.3) is 22.3 Å². The minimum atomic E-state index is -2.06. The molecule has 20 heteroatoms. The summed E-state index contributed by atoms with van der Waals surface area (Å²) in [5.41, 5.74) is 1.77. The molecule has 0 radical (unpaired) electrons. The summed E-state index contributed by atoms with van der Waals surface area (Å²) in [4.78, 5) is 121. The Bertz CT molecular complexity index is 2900. The van der Waals surface area contributed by atoms with Gasteiger partial charge in [-0.3, -0.25) is 43.3 Å². The zero-order chi connectivity index (χ0) is 49.1. The second kappa shape index (κ2) is 19.9. The van der Waals surface area contributed by atoms with E-state index in [2.05, 4.69) is 26.6 Å². The van der Waals surface area contributed by atoms with Gasteiger partial charge in [-0.15, -0.1) is 0 Å². The number of aromatic nitrogens is 2. The highest BCUT2D eigenvalue weighted by atomic mass is 19.1. The first-order valence-corrected chi connectivity index (χ1v) is 22.9. The van der Waals surface area contributed by atoms with Gasteiger partial charge in [-0.2, -0.15) is 0 Å². The Kier molecular flexibility index (Phi) is 13.8. The van der Waals surface area contributed by atoms with Crippen LogP contribution in [0.2, 0.25) is 0 Å². The van der Waals surface area contributed by atoms with Crippen LogP contribution in [0.1, 0.15) is 90.4 Å². The van der Waals surface area contributed by atoms with Crippen LogP contribution in [0.5, 0.6) is 0 Å². The number of carbonyl (C=O) groups excluding carboxylic acids is 8. The van der Waals surface area contributed by atoms with Crippen molar-refractivity contribution in [2.24, 2.45) is 0 Å². The van der Waals surface area contributed by atoms with Crippen molar-refractivity contribution < 1.29 is 52.6 Å². The number of benzene rings is 2. The Labute approximate surface area is 394 Å². The van der Waals surface area contributed by atoms with Crippen LogP contribution in [0.4, 0.5) is 4.39 Å². The minimum absolute atomic E-state index is 0.0389. The first kappa shape index (κ1) is 47.9. The van der Waals surface area contributed by atoms with Gasteiger partial charge in [0.05, 0.1) is 54.7 Å². The maximum absolute atomic E-state index is 15.4. The highest BCUT2D eigenvalue weighted by Crippen LogP contribution is 2.46. The van der Waals surface area contributed by atoms with Gasteiger partial charge in [0.25, 0.3) is 17.4 Å². The van der Waals surface area contributed by atoms with E-state index in [0.717, 1.165) is 4.90 Å². The molecule has 6 N–H and O–H groups in total. The largest absolute Gasteiger partial charge is 0.458 e. The number of aliphatic hydroxyl groups is 1. The normalized spacial score (nSPS) is 17.9. The number of esters is 1. The molecule has 3 unspecified atom stereocenters. The molecule has 1 aliphatic carbocycles. The van der Waals surface area contributed by atoms with Crippen molar-refractivity contribution in [1.29, 1.82) is 0 Å². The van der Waals surface area contributed by atoms with E-state index in [1.807, 2.05) is 0 Å². The molecule has 8 rings (SSSR count). The first-order chi connectivity index (χ1) is 33.1. The number of imide groups is 1. The maximum atomic E-state index is 15.4. The van der Waals surface area contributed by atoms with Crippen molar-refractivity contribution in [1.82, 2.24) is 41.0 Å². The molecule has 19 nitrogen and oxygen atoms in total. The summed E-state index contributed by atoms with van der Waals surface area (Å²) >= 11 is 0. The van der Waals surface area contributed by atoms with Crippen molar-refractivity contribution in [3.05, 3.63) is 110 Å². The molecule has 4 aromatic rings. The maximum Gasteiger partial charge on any atom is 0.343 e. The number of unbranched alkanes of at least 4 members (excludes halogenated alkanes) is 2. The van der Waals surface area contributed by atoms with Gasteiger partial charge in [0.1, 0.15) is 18.5 Å². The Hall–Kier alpha value is -7.61. The zero-order valence-electron chi connectivity index (χ0n) is 38.0. The van der Waals surface area contributed by atoms with Crippen molar-refractivity contribution in [2.75, 3.05) is 26.2 Å². The number of ether oxygens (including phenoxy) is 1. The fourth-order valence-corrected chi connectivity index (χ4v) is 9.43. The van der Waals surface area contributed by atoms with Crippen LogP contribution in [0.15, 0.2) is 59.4 Å². The Morgan fingerprint density at radius 1 is 0.884 bits per heavy atom. The van der Waals surface area contributed by atoms with Gasteiger partial charge in [-0.1, -0.05) is 43.7 Å². The number of carbonyl (C=O) groups is 8. The Balaban J connectivity index is 0.899. The van der Waals surface area contributed by atoms with Crippen LogP contribution >= 0.6 is 0 Å². The second-order valence-electron chi connectivity index (χ2n) is 17.5. The molecule has 360 valence electrons. The van der Waals surface area contributed by atoms with E-state index in [-0.39, 0.29) is 61.9 Å². The van der Waals surface area contributed by atoms with Crippen molar-refractivity contribution in [3.63, 3.8) is 0 Å². The van der Waals surface area contributed by atoms with E-state index in [1.54, 1.807) is 50.2 Å². The molecule has 3 atom stereocenters. The number of cyclic esters (lactones) is 1. The fourth-order valence-electron chi connectivity index (χ4n) is 9.43. The van der Waals surface area contributed by atoms with E-state index >= 15 is 4.39 Å². The van der Waals surface area contributed by atoms with Gasteiger partial charge < -0.3 is 41.0 Å². The third kappa shape index (κ3) is 9.74. The lowest BCUT2D eigenvalue weighted by molar-refractivity contribution is -0.172. The second-order valence-corrected chi connectivity index (χ2v) is 17.5. The number of fused-ring (bicyclic) bond motifs is 5. The van der Waals surface area contributed by atoms with Crippen molar-refractivity contribution in [3.8, 4) is 11.4 Å². The van der Waals surface area contributed by atoms with Crippen LogP contribution in [-0.2, 0) is 74.7 Å². The number of nitrogens with zero attached hydrogens (tertiary/aromatic N) is 3. The highest BCUT2D eigenvalue weighted by molar-refractivity contribution is 6.12. The number of pyridine rings is 2. The average Bonchev–Trinajstić information content (AvgIpc) is 3.87. The SMILES string of the molecule is CCC1(O)C(=O)OCc2c1cc1n(c2=O)Cc2c-1nc1cc(F)c(C)c3c1c2C(NC(=O)CNC(=O)C(Cc1ccccc1)NC(=O)CNC(=O)CNC(=O)CCCCCN1C(=O)C=CC1=O)CC3. The smallest absolute Gasteiger partial charge is 0.343 e. The monoisotopic (exact) mass is 946 g/mol. The standard InChI is InChI=1S/C49H51FN8O11/c1-3-49(68)31-19-36-45-29(24-58(36)47(66)30(31)25-69-48(49)67)44-33(14-13-28-26(2)32(50)20-34(56-45)43(28)44)54-40(62)23-53-46(65)35(18-27-10-6-4-7-11-27)55-39(61)22-52-38(60)21-51-37(59)12-8-5-9-17-57-41(63)15-16-42(57)64/h4,6-7,10-11,15-16,19-20,33,35,68H,3,5,8-9,12-14,17-18,21-25H2,1-2H3,(H,51,59)(H,52,60)(H,53,65)(H,54,62)(H,55,61). The van der Waals surface area contributed by atoms with Crippen LogP contribution in [0, 0.1) is 12.7 Å².